The van der Waals surface area contributed by atoms with Crippen molar-refractivity contribution in [1.82, 2.24) is 10.2 Å². The largest absolute Gasteiger partial charge is 0.467 e. The molecule has 0 spiro atoms. The second-order valence-corrected chi connectivity index (χ2v) is 6.81. The third kappa shape index (κ3) is 3.85. The molecule has 1 saturated heterocycles. The molecule has 3 heterocycles. The van der Waals surface area contributed by atoms with Gasteiger partial charge in [-0.3, -0.25) is 9.59 Å². The van der Waals surface area contributed by atoms with Crippen LogP contribution in [0.2, 0.25) is 0 Å². The SMILES string of the molecule is O=C(NCC(O)c1ccco1)C1CCCN1C(=O)Cc1cccs1. The molecule has 0 aliphatic carbocycles. The number of nitrogens with zero attached hydrogens (tertiary/aromatic N) is 1. The van der Waals surface area contributed by atoms with Gasteiger partial charge in [-0.1, -0.05) is 6.07 Å². The topological polar surface area (TPSA) is 82.8 Å². The lowest BCUT2D eigenvalue weighted by Gasteiger charge is -2.24. The van der Waals surface area contributed by atoms with Gasteiger partial charge in [-0.2, -0.15) is 0 Å². The predicted molar refractivity (Wildman–Crippen MR) is 89.4 cm³/mol. The summed E-state index contributed by atoms with van der Waals surface area (Å²) >= 11 is 1.54. The van der Waals surface area contributed by atoms with Gasteiger partial charge in [0.15, 0.2) is 0 Å². The van der Waals surface area contributed by atoms with Gasteiger partial charge in [0.1, 0.15) is 17.9 Å². The molecule has 0 bridgehead atoms. The molecule has 1 aliphatic heterocycles. The van der Waals surface area contributed by atoms with Crippen molar-refractivity contribution in [1.29, 1.82) is 0 Å². The Bertz CT molecular complexity index is 669. The Balaban J connectivity index is 1.54. The van der Waals surface area contributed by atoms with Crippen LogP contribution in [0.3, 0.4) is 0 Å². The van der Waals surface area contributed by atoms with Gasteiger partial charge < -0.3 is 19.7 Å². The molecule has 2 aromatic rings. The van der Waals surface area contributed by atoms with Crippen molar-refractivity contribution in [3.05, 3.63) is 46.5 Å². The van der Waals surface area contributed by atoms with Crippen LogP contribution >= 0.6 is 11.3 Å². The first-order chi connectivity index (χ1) is 11.6. The van der Waals surface area contributed by atoms with Crippen molar-refractivity contribution in [2.24, 2.45) is 0 Å². The van der Waals surface area contributed by atoms with Crippen LogP contribution in [0.1, 0.15) is 29.6 Å². The second-order valence-electron chi connectivity index (χ2n) is 5.78. The van der Waals surface area contributed by atoms with Crippen molar-refractivity contribution in [2.45, 2.75) is 31.4 Å². The quantitative estimate of drug-likeness (QED) is 0.833. The zero-order valence-corrected chi connectivity index (χ0v) is 14.0. The molecular formula is C17H20N2O4S. The van der Waals surface area contributed by atoms with Crippen molar-refractivity contribution in [3.63, 3.8) is 0 Å². The number of nitrogens with one attached hydrogen (secondary N) is 1. The van der Waals surface area contributed by atoms with Gasteiger partial charge in [0.25, 0.3) is 0 Å². The van der Waals surface area contributed by atoms with E-state index in [1.165, 1.54) is 6.26 Å². The molecule has 0 radical (unpaired) electrons. The number of rotatable bonds is 6. The summed E-state index contributed by atoms with van der Waals surface area (Å²) in [4.78, 5) is 27.5. The highest BCUT2D eigenvalue weighted by molar-refractivity contribution is 7.10. The minimum Gasteiger partial charge on any atom is -0.467 e. The first kappa shape index (κ1) is 16.7. The summed E-state index contributed by atoms with van der Waals surface area (Å²) < 4.78 is 5.11. The fraction of sp³-hybridized carbons (Fsp3) is 0.412. The van der Waals surface area contributed by atoms with E-state index in [4.69, 9.17) is 4.42 Å². The molecule has 128 valence electrons. The molecule has 2 atom stereocenters. The van der Waals surface area contributed by atoms with Gasteiger partial charge in [0, 0.05) is 11.4 Å². The zero-order chi connectivity index (χ0) is 16.9. The molecular weight excluding hydrogens is 328 g/mol. The Morgan fingerprint density at radius 1 is 1.42 bits per heavy atom. The normalized spacial score (nSPS) is 18.5. The lowest BCUT2D eigenvalue weighted by molar-refractivity contribution is -0.138. The van der Waals surface area contributed by atoms with Crippen molar-refractivity contribution in [2.75, 3.05) is 13.1 Å². The maximum atomic E-state index is 12.4. The Kier molecular flexibility index (Phi) is 5.32. The molecule has 3 rings (SSSR count). The zero-order valence-electron chi connectivity index (χ0n) is 13.2. The van der Waals surface area contributed by atoms with E-state index in [0.717, 1.165) is 11.3 Å². The van der Waals surface area contributed by atoms with Crippen LogP contribution < -0.4 is 5.32 Å². The average Bonchev–Trinajstić information content (AvgIpc) is 3.33. The van der Waals surface area contributed by atoms with Gasteiger partial charge in [0.05, 0.1) is 19.2 Å². The van der Waals surface area contributed by atoms with Gasteiger partial charge >= 0.3 is 0 Å². The summed E-state index contributed by atoms with van der Waals surface area (Å²) in [5.41, 5.74) is 0. The Labute approximate surface area is 144 Å². The van der Waals surface area contributed by atoms with E-state index in [2.05, 4.69) is 5.32 Å². The number of aliphatic hydroxyl groups excluding tert-OH is 1. The Morgan fingerprint density at radius 2 is 2.29 bits per heavy atom. The van der Waals surface area contributed by atoms with Gasteiger partial charge in [0.2, 0.25) is 11.8 Å². The minimum absolute atomic E-state index is 0.0262. The standard InChI is InChI=1S/C17H20N2O4S/c20-14(15-6-2-8-23-15)11-18-17(22)13-5-1-7-19(13)16(21)10-12-4-3-9-24-12/h2-4,6,8-9,13-14,20H,1,5,7,10-11H2,(H,18,22). The monoisotopic (exact) mass is 348 g/mol. The van der Waals surface area contributed by atoms with Crippen molar-refractivity contribution >= 4 is 23.2 Å². The van der Waals surface area contributed by atoms with E-state index in [1.54, 1.807) is 28.4 Å². The number of carbonyl (C=O) groups excluding carboxylic acids is 2. The Hall–Kier alpha value is -2.12. The number of thiophene rings is 1. The van der Waals surface area contributed by atoms with E-state index in [1.807, 2.05) is 17.5 Å². The maximum absolute atomic E-state index is 12.4. The van der Waals surface area contributed by atoms with Gasteiger partial charge in [-0.25, -0.2) is 0 Å². The molecule has 0 saturated carbocycles. The molecule has 0 aromatic carbocycles. The molecule has 7 heteroatoms. The fourth-order valence-electron chi connectivity index (χ4n) is 2.90. The highest BCUT2D eigenvalue weighted by Gasteiger charge is 2.34. The first-order valence-corrected chi connectivity index (χ1v) is 8.84. The molecule has 2 aromatic heterocycles. The summed E-state index contributed by atoms with van der Waals surface area (Å²) in [7, 11) is 0. The van der Waals surface area contributed by atoms with E-state index in [0.29, 0.717) is 25.1 Å². The number of likely N-dealkylation sites (tertiary alicyclic amines) is 1. The van der Waals surface area contributed by atoms with Gasteiger partial charge in [-0.05, 0) is 36.4 Å². The predicted octanol–water partition coefficient (Wildman–Crippen LogP) is 1.72. The van der Waals surface area contributed by atoms with Crippen LogP contribution in [0, 0.1) is 0 Å². The lowest BCUT2D eigenvalue weighted by Crippen LogP contribution is -2.47. The molecule has 2 unspecified atom stereocenters. The van der Waals surface area contributed by atoms with Crippen LogP contribution in [-0.2, 0) is 16.0 Å². The summed E-state index contributed by atoms with van der Waals surface area (Å²) in [6, 6.07) is 6.72. The average molecular weight is 348 g/mol. The number of carbonyl (C=O) groups is 2. The molecule has 2 amide bonds. The van der Waals surface area contributed by atoms with E-state index >= 15 is 0 Å². The molecule has 6 nitrogen and oxygen atoms in total. The van der Waals surface area contributed by atoms with Crippen LogP contribution in [0.4, 0.5) is 0 Å². The number of hydrogen-bond acceptors (Lipinski definition) is 5. The Morgan fingerprint density at radius 3 is 3.00 bits per heavy atom. The second kappa shape index (κ2) is 7.63. The number of furan rings is 1. The smallest absolute Gasteiger partial charge is 0.242 e. The third-order valence-corrected chi connectivity index (χ3v) is 5.00. The first-order valence-electron chi connectivity index (χ1n) is 7.96. The third-order valence-electron chi connectivity index (χ3n) is 4.12. The highest BCUT2D eigenvalue weighted by Crippen LogP contribution is 2.20. The molecule has 24 heavy (non-hydrogen) atoms. The summed E-state index contributed by atoms with van der Waals surface area (Å²) in [6.45, 7) is 0.666. The van der Waals surface area contributed by atoms with Gasteiger partial charge in [-0.15, -0.1) is 11.3 Å². The maximum Gasteiger partial charge on any atom is 0.242 e. The van der Waals surface area contributed by atoms with E-state index in [-0.39, 0.29) is 18.4 Å². The molecule has 1 fully saturated rings. The van der Waals surface area contributed by atoms with Crippen molar-refractivity contribution in [3.8, 4) is 0 Å². The van der Waals surface area contributed by atoms with Crippen molar-refractivity contribution < 1.29 is 19.1 Å². The van der Waals surface area contributed by atoms with Crippen LogP contribution in [0.5, 0.6) is 0 Å². The van der Waals surface area contributed by atoms with E-state index in [9.17, 15) is 14.7 Å². The molecule has 1 aliphatic rings. The summed E-state index contributed by atoms with van der Waals surface area (Å²) in [6.07, 6.45) is 2.38. The van der Waals surface area contributed by atoms with E-state index < -0.39 is 12.1 Å². The highest BCUT2D eigenvalue weighted by atomic mass is 32.1. The minimum atomic E-state index is -0.888. The summed E-state index contributed by atoms with van der Waals surface area (Å²) in [5.74, 6) is 0.159. The summed E-state index contributed by atoms with van der Waals surface area (Å²) in [5, 5.41) is 14.6. The van der Waals surface area contributed by atoms with Crippen LogP contribution in [0.15, 0.2) is 40.3 Å². The number of amides is 2. The fourth-order valence-corrected chi connectivity index (χ4v) is 3.59. The lowest BCUT2D eigenvalue weighted by atomic mass is 10.2. The van der Waals surface area contributed by atoms with Crippen LogP contribution in [0.25, 0.3) is 0 Å². The van der Waals surface area contributed by atoms with Crippen LogP contribution in [-0.4, -0.2) is 41.0 Å². The number of aliphatic hydroxyl groups is 1. The number of hydrogen-bond donors (Lipinski definition) is 2. The molecule has 2 N–H and O–H groups in total.